The van der Waals surface area contributed by atoms with Gasteiger partial charge in [-0.2, -0.15) is 12.8 Å². The van der Waals surface area contributed by atoms with Crippen LogP contribution in [0.15, 0.2) is 14.9 Å². The van der Waals surface area contributed by atoms with E-state index in [4.69, 9.17) is 5.11 Å². The van der Waals surface area contributed by atoms with Crippen molar-refractivity contribution in [2.75, 3.05) is 13.7 Å². The molecular weight excluding hydrogens is 198 g/mol. The first kappa shape index (κ1) is 9.87. The Bertz CT molecular complexity index is 391. The van der Waals surface area contributed by atoms with Crippen molar-refractivity contribution in [1.29, 1.82) is 0 Å². The summed E-state index contributed by atoms with van der Waals surface area (Å²) in [5, 5.41) is 8.57. The maximum atomic E-state index is 11.0. The first-order valence-corrected chi connectivity index (χ1v) is 4.69. The van der Waals surface area contributed by atoms with Crippen LogP contribution >= 0.6 is 0 Å². The molecule has 6 nitrogen and oxygen atoms in total. The third-order valence-corrected chi connectivity index (χ3v) is 2.73. The number of ether oxygens (including phenoxy) is 1. The first-order valence-electron chi connectivity index (χ1n) is 3.25. The summed E-state index contributed by atoms with van der Waals surface area (Å²) in [5.41, 5.74) is 0.0648. The predicted octanol–water partition coefficient (Wildman–Crippen LogP) is -0.614. The Hall–Kier alpha value is -1.21. The molecule has 0 amide bonds. The van der Waals surface area contributed by atoms with Crippen LogP contribution in [-0.4, -0.2) is 39.4 Å². The van der Waals surface area contributed by atoms with Gasteiger partial charge in [-0.05, 0) is 0 Å². The van der Waals surface area contributed by atoms with Gasteiger partial charge in [0.2, 0.25) is 0 Å². The quantitative estimate of drug-likeness (QED) is 0.663. The molecule has 1 aliphatic heterocycles. The molecule has 1 rings (SSSR count). The van der Waals surface area contributed by atoms with Gasteiger partial charge in [0, 0.05) is 18.9 Å². The van der Waals surface area contributed by atoms with Crippen molar-refractivity contribution >= 4 is 22.2 Å². The fraction of sp³-hybridized carbons (Fsp3) is 0.333. The Morgan fingerprint density at radius 3 is 2.77 bits per heavy atom. The second-order valence-electron chi connectivity index (χ2n) is 2.30. The van der Waals surface area contributed by atoms with Crippen molar-refractivity contribution < 1.29 is 23.1 Å². The molecule has 0 saturated heterocycles. The highest BCUT2D eigenvalue weighted by Gasteiger charge is 2.31. The van der Waals surface area contributed by atoms with E-state index in [2.05, 4.69) is 9.13 Å². The number of carboxylic acid groups (broad SMARTS) is 1. The molecule has 0 aromatic rings. The zero-order chi connectivity index (χ0) is 10.1. The average molecular weight is 205 g/mol. The minimum Gasteiger partial charge on any atom is -0.477 e. The molecule has 0 aromatic heterocycles. The van der Waals surface area contributed by atoms with Crippen LogP contribution in [0.25, 0.3) is 0 Å². The lowest BCUT2D eigenvalue weighted by Crippen LogP contribution is -2.11. The molecule has 72 valence electrons. The standard InChI is InChI=1S/C6H7NO5S/c1-12-3-4-2-7-13(10,11)5(4)6(8)9/h2H,3H2,1H3,(H,8,9). The van der Waals surface area contributed by atoms with Crippen molar-refractivity contribution in [2.45, 2.75) is 0 Å². The maximum Gasteiger partial charge on any atom is 0.349 e. The number of carboxylic acids is 1. The van der Waals surface area contributed by atoms with Crippen molar-refractivity contribution in [2.24, 2.45) is 4.40 Å². The highest BCUT2D eigenvalue weighted by molar-refractivity contribution is 7.95. The molecule has 1 N–H and O–H groups in total. The molecule has 0 radical (unpaired) electrons. The molecule has 0 spiro atoms. The summed E-state index contributed by atoms with van der Waals surface area (Å²) in [7, 11) is -2.65. The molecule has 1 heterocycles. The van der Waals surface area contributed by atoms with Gasteiger partial charge in [0.05, 0.1) is 6.61 Å². The molecule has 1 aliphatic rings. The van der Waals surface area contributed by atoms with E-state index in [0.29, 0.717) is 0 Å². The third-order valence-electron chi connectivity index (χ3n) is 1.39. The van der Waals surface area contributed by atoms with E-state index < -0.39 is 20.9 Å². The van der Waals surface area contributed by atoms with E-state index in [1.807, 2.05) is 0 Å². The molecule has 0 atom stereocenters. The Labute approximate surface area is 74.6 Å². The van der Waals surface area contributed by atoms with E-state index in [1.54, 1.807) is 0 Å². The largest absolute Gasteiger partial charge is 0.477 e. The van der Waals surface area contributed by atoms with Crippen LogP contribution < -0.4 is 0 Å². The van der Waals surface area contributed by atoms with E-state index >= 15 is 0 Å². The smallest absolute Gasteiger partial charge is 0.349 e. The number of sulfonamides is 1. The van der Waals surface area contributed by atoms with Crippen molar-refractivity contribution in [3.8, 4) is 0 Å². The maximum absolute atomic E-state index is 11.0. The summed E-state index contributed by atoms with van der Waals surface area (Å²) >= 11 is 0. The molecule has 0 bridgehead atoms. The van der Waals surface area contributed by atoms with Crippen LogP contribution in [0.5, 0.6) is 0 Å². The minimum atomic E-state index is -3.99. The lowest BCUT2D eigenvalue weighted by Gasteiger charge is -1.98. The van der Waals surface area contributed by atoms with Gasteiger partial charge in [-0.15, -0.1) is 0 Å². The summed E-state index contributed by atoms with van der Waals surface area (Å²) in [6, 6.07) is 0. The fourth-order valence-corrected chi connectivity index (χ4v) is 1.95. The zero-order valence-corrected chi connectivity index (χ0v) is 7.54. The summed E-state index contributed by atoms with van der Waals surface area (Å²) < 4.78 is 29.7. The average Bonchev–Trinajstić information content (AvgIpc) is 2.26. The topological polar surface area (TPSA) is 93.0 Å². The summed E-state index contributed by atoms with van der Waals surface area (Å²) in [6.07, 6.45) is 0.988. The van der Waals surface area contributed by atoms with Crippen LogP contribution in [0.3, 0.4) is 0 Å². The predicted molar refractivity (Wildman–Crippen MR) is 43.9 cm³/mol. The van der Waals surface area contributed by atoms with E-state index in [9.17, 15) is 13.2 Å². The Morgan fingerprint density at radius 2 is 2.31 bits per heavy atom. The second kappa shape index (κ2) is 3.27. The van der Waals surface area contributed by atoms with Gasteiger partial charge in [-0.3, -0.25) is 0 Å². The monoisotopic (exact) mass is 205 g/mol. The SMILES string of the molecule is COCC1=C(C(=O)O)S(=O)(=O)N=C1. The van der Waals surface area contributed by atoms with Gasteiger partial charge in [0.15, 0.2) is 4.91 Å². The lowest BCUT2D eigenvalue weighted by molar-refractivity contribution is -0.131. The van der Waals surface area contributed by atoms with Crippen LogP contribution in [0.4, 0.5) is 0 Å². The number of aliphatic carboxylic acids is 1. The van der Waals surface area contributed by atoms with E-state index in [1.165, 1.54) is 7.11 Å². The Kier molecular flexibility index (Phi) is 2.48. The number of carbonyl (C=O) groups is 1. The van der Waals surface area contributed by atoms with Gasteiger partial charge in [0.25, 0.3) is 10.0 Å². The summed E-state index contributed by atoms with van der Waals surface area (Å²) in [4.78, 5) is 9.83. The van der Waals surface area contributed by atoms with Gasteiger partial charge >= 0.3 is 5.97 Å². The van der Waals surface area contributed by atoms with Gasteiger partial charge in [-0.25, -0.2) is 4.79 Å². The van der Waals surface area contributed by atoms with Gasteiger partial charge < -0.3 is 9.84 Å². The van der Waals surface area contributed by atoms with Crippen LogP contribution in [0.1, 0.15) is 0 Å². The van der Waals surface area contributed by atoms with Crippen molar-refractivity contribution in [3.05, 3.63) is 10.5 Å². The number of hydrogen-bond donors (Lipinski definition) is 1. The summed E-state index contributed by atoms with van der Waals surface area (Å²) in [5.74, 6) is -1.51. The molecule has 0 fully saturated rings. The number of rotatable bonds is 3. The Balaban J connectivity index is 3.20. The molecule has 0 aliphatic carbocycles. The van der Waals surface area contributed by atoms with E-state index in [-0.39, 0.29) is 12.2 Å². The Morgan fingerprint density at radius 1 is 1.69 bits per heavy atom. The van der Waals surface area contributed by atoms with Crippen LogP contribution in [0.2, 0.25) is 0 Å². The number of nitrogens with zero attached hydrogens (tertiary/aromatic N) is 1. The highest BCUT2D eigenvalue weighted by Crippen LogP contribution is 2.19. The highest BCUT2D eigenvalue weighted by atomic mass is 32.2. The molecule has 7 heteroatoms. The summed E-state index contributed by atoms with van der Waals surface area (Å²) in [6.45, 7) is -0.0790. The fourth-order valence-electron chi connectivity index (χ4n) is 0.916. The second-order valence-corrected chi connectivity index (χ2v) is 3.87. The van der Waals surface area contributed by atoms with Crippen molar-refractivity contribution in [3.63, 3.8) is 0 Å². The van der Waals surface area contributed by atoms with E-state index in [0.717, 1.165) is 6.21 Å². The van der Waals surface area contributed by atoms with Crippen LogP contribution in [-0.2, 0) is 19.6 Å². The number of methoxy groups -OCH3 is 1. The molecule has 0 aromatic carbocycles. The van der Waals surface area contributed by atoms with Crippen LogP contribution in [0, 0.1) is 0 Å². The lowest BCUT2D eigenvalue weighted by atomic mass is 10.3. The van der Waals surface area contributed by atoms with Crippen molar-refractivity contribution in [1.82, 2.24) is 0 Å². The number of hydrogen-bond acceptors (Lipinski definition) is 4. The molecular formula is C6H7NO5S. The molecule has 0 saturated carbocycles. The van der Waals surface area contributed by atoms with Gasteiger partial charge in [-0.1, -0.05) is 0 Å². The van der Waals surface area contributed by atoms with Gasteiger partial charge in [0.1, 0.15) is 0 Å². The zero-order valence-electron chi connectivity index (χ0n) is 6.72. The minimum absolute atomic E-state index is 0.0648. The normalized spacial score (nSPS) is 19.5. The third kappa shape index (κ3) is 1.76. The molecule has 0 unspecified atom stereocenters. The molecule has 13 heavy (non-hydrogen) atoms. The first-order chi connectivity index (χ1) is 5.99.